The summed E-state index contributed by atoms with van der Waals surface area (Å²) in [4.78, 5) is 15.8. The van der Waals surface area contributed by atoms with E-state index in [2.05, 4.69) is 0 Å². The summed E-state index contributed by atoms with van der Waals surface area (Å²) in [5, 5.41) is 1.48. The lowest BCUT2D eigenvalue weighted by atomic mass is 9.92. The van der Waals surface area contributed by atoms with E-state index in [1.165, 1.54) is 16.9 Å². The zero-order valence-electron chi connectivity index (χ0n) is 15.4. The molecule has 0 N–H and O–H groups in total. The molecule has 1 aromatic heterocycles. The highest BCUT2D eigenvalue weighted by Gasteiger charge is 2.31. The molecule has 4 nitrogen and oxygen atoms in total. The zero-order valence-corrected chi connectivity index (χ0v) is 17.0. The van der Waals surface area contributed by atoms with Crippen molar-refractivity contribution in [3.63, 3.8) is 0 Å². The third kappa shape index (κ3) is 2.95. The Morgan fingerprint density at radius 1 is 1.19 bits per heavy atom. The third-order valence-electron chi connectivity index (χ3n) is 5.18. The van der Waals surface area contributed by atoms with E-state index in [-0.39, 0.29) is 11.9 Å². The van der Waals surface area contributed by atoms with Gasteiger partial charge in [-0.3, -0.25) is 4.79 Å². The minimum atomic E-state index is -0.0673. The van der Waals surface area contributed by atoms with E-state index in [0.29, 0.717) is 22.2 Å². The first-order chi connectivity index (χ1) is 13.0. The van der Waals surface area contributed by atoms with Gasteiger partial charge in [-0.15, -0.1) is 11.3 Å². The van der Waals surface area contributed by atoms with Gasteiger partial charge in [0.25, 0.3) is 5.91 Å². The lowest BCUT2D eigenvalue weighted by Gasteiger charge is -2.35. The van der Waals surface area contributed by atoms with Crippen LogP contribution in [0.5, 0.6) is 11.5 Å². The van der Waals surface area contributed by atoms with E-state index in [9.17, 15) is 4.79 Å². The first kappa shape index (κ1) is 18.1. The molecule has 0 aliphatic carbocycles. The molecule has 140 valence electrons. The molecule has 1 aliphatic rings. The Bertz CT molecular complexity index is 1030. The van der Waals surface area contributed by atoms with Gasteiger partial charge in [-0.1, -0.05) is 29.8 Å². The van der Waals surface area contributed by atoms with Gasteiger partial charge in [-0.2, -0.15) is 0 Å². The van der Waals surface area contributed by atoms with Crippen LogP contribution in [-0.2, 0) is 6.42 Å². The summed E-state index contributed by atoms with van der Waals surface area (Å²) >= 11 is 7.99. The van der Waals surface area contributed by atoms with Gasteiger partial charge in [-0.25, -0.2) is 0 Å². The maximum Gasteiger partial charge on any atom is 0.266 e. The summed E-state index contributed by atoms with van der Waals surface area (Å²) in [6.45, 7) is 2.69. The van der Waals surface area contributed by atoms with Crippen molar-refractivity contribution < 1.29 is 14.3 Å². The minimum Gasteiger partial charge on any atom is -0.493 e. The third-order valence-corrected chi connectivity index (χ3v) is 6.84. The Kier molecular flexibility index (Phi) is 4.74. The van der Waals surface area contributed by atoms with Crippen molar-refractivity contribution in [2.45, 2.75) is 19.4 Å². The SMILES string of the molecule is COc1cc2c(cc1OC)C(C)N(C(=O)c1sc3ccccc3c1Cl)CC2. The van der Waals surface area contributed by atoms with Crippen LogP contribution in [0.2, 0.25) is 5.02 Å². The Labute approximate surface area is 167 Å². The second-order valence-corrected chi connectivity index (χ2v) is 8.00. The summed E-state index contributed by atoms with van der Waals surface area (Å²) in [6.07, 6.45) is 0.772. The minimum absolute atomic E-state index is 0.0193. The Morgan fingerprint density at radius 2 is 1.89 bits per heavy atom. The molecule has 0 radical (unpaired) electrons. The zero-order chi connectivity index (χ0) is 19.1. The fraction of sp³-hybridized carbons (Fsp3) is 0.286. The lowest BCUT2D eigenvalue weighted by molar-refractivity contribution is 0.0682. The molecule has 3 aromatic rings. The van der Waals surface area contributed by atoms with Crippen LogP contribution in [-0.4, -0.2) is 31.6 Å². The van der Waals surface area contributed by atoms with Crippen molar-refractivity contribution in [3.05, 3.63) is 57.4 Å². The van der Waals surface area contributed by atoms with Gasteiger partial charge in [0, 0.05) is 16.6 Å². The van der Waals surface area contributed by atoms with E-state index in [0.717, 1.165) is 27.8 Å². The summed E-state index contributed by atoms with van der Waals surface area (Å²) in [5.41, 5.74) is 2.27. The maximum atomic E-state index is 13.3. The number of amides is 1. The molecule has 2 aromatic carbocycles. The van der Waals surface area contributed by atoms with Gasteiger partial charge in [0.05, 0.1) is 25.3 Å². The fourth-order valence-corrected chi connectivity index (χ4v) is 5.17. The van der Waals surface area contributed by atoms with Crippen molar-refractivity contribution in [2.75, 3.05) is 20.8 Å². The van der Waals surface area contributed by atoms with Crippen molar-refractivity contribution in [2.24, 2.45) is 0 Å². The van der Waals surface area contributed by atoms with E-state index < -0.39 is 0 Å². The first-order valence-corrected chi connectivity index (χ1v) is 9.97. The number of halogens is 1. The van der Waals surface area contributed by atoms with Crippen LogP contribution < -0.4 is 9.47 Å². The number of nitrogens with zero attached hydrogens (tertiary/aromatic N) is 1. The summed E-state index contributed by atoms with van der Waals surface area (Å²) < 4.78 is 11.9. The number of hydrogen-bond acceptors (Lipinski definition) is 4. The highest BCUT2D eigenvalue weighted by Crippen LogP contribution is 2.41. The van der Waals surface area contributed by atoms with E-state index >= 15 is 0 Å². The molecule has 6 heteroatoms. The largest absolute Gasteiger partial charge is 0.493 e. The number of carbonyl (C=O) groups excluding carboxylic acids is 1. The molecule has 1 amide bonds. The molecule has 0 bridgehead atoms. The molecule has 1 atom stereocenters. The lowest BCUT2D eigenvalue weighted by Crippen LogP contribution is -2.38. The first-order valence-electron chi connectivity index (χ1n) is 8.78. The van der Waals surface area contributed by atoms with Gasteiger partial charge in [-0.05, 0) is 42.7 Å². The second kappa shape index (κ2) is 7.06. The fourth-order valence-electron chi connectivity index (χ4n) is 3.70. The van der Waals surface area contributed by atoms with Gasteiger partial charge < -0.3 is 14.4 Å². The number of rotatable bonds is 3. The number of ether oxygens (including phenoxy) is 2. The van der Waals surface area contributed by atoms with E-state index in [1.54, 1.807) is 14.2 Å². The van der Waals surface area contributed by atoms with Crippen LogP contribution in [0, 0.1) is 0 Å². The second-order valence-electron chi connectivity index (χ2n) is 6.57. The molecule has 27 heavy (non-hydrogen) atoms. The van der Waals surface area contributed by atoms with Gasteiger partial charge in [0.15, 0.2) is 11.5 Å². The van der Waals surface area contributed by atoms with Crippen LogP contribution in [0.4, 0.5) is 0 Å². The summed E-state index contributed by atoms with van der Waals surface area (Å²) in [5.74, 6) is 1.38. The van der Waals surface area contributed by atoms with Crippen molar-refractivity contribution in [1.29, 1.82) is 0 Å². The molecule has 0 fully saturated rings. The predicted octanol–water partition coefficient (Wildman–Crippen LogP) is 5.33. The number of fused-ring (bicyclic) bond motifs is 2. The predicted molar refractivity (Wildman–Crippen MR) is 110 cm³/mol. The van der Waals surface area contributed by atoms with Gasteiger partial charge >= 0.3 is 0 Å². The Hall–Kier alpha value is -2.24. The maximum absolute atomic E-state index is 13.3. The van der Waals surface area contributed by atoms with Crippen molar-refractivity contribution in [3.8, 4) is 11.5 Å². The highest BCUT2D eigenvalue weighted by molar-refractivity contribution is 7.21. The standard InChI is InChI=1S/C21H20ClNO3S/c1-12-15-11-17(26-3)16(25-2)10-13(15)8-9-23(12)21(24)20-19(22)14-6-4-5-7-18(14)27-20/h4-7,10-12H,8-9H2,1-3H3. The smallest absolute Gasteiger partial charge is 0.266 e. The molecular weight excluding hydrogens is 382 g/mol. The molecule has 4 rings (SSSR count). The van der Waals surface area contributed by atoms with Crippen LogP contribution in [0.15, 0.2) is 36.4 Å². The van der Waals surface area contributed by atoms with Gasteiger partial charge in [0.1, 0.15) is 4.88 Å². The average Bonchev–Trinajstić information content (AvgIpc) is 3.04. The van der Waals surface area contributed by atoms with E-state index in [1.807, 2.05) is 48.2 Å². The Morgan fingerprint density at radius 3 is 2.59 bits per heavy atom. The monoisotopic (exact) mass is 401 g/mol. The molecular formula is C21H20ClNO3S. The molecule has 0 saturated carbocycles. The van der Waals surface area contributed by atoms with Gasteiger partial charge in [0.2, 0.25) is 0 Å². The Balaban J connectivity index is 1.71. The quantitative estimate of drug-likeness (QED) is 0.595. The number of benzene rings is 2. The van der Waals surface area contributed by atoms with Crippen LogP contribution in [0.3, 0.4) is 0 Å². The van der Waals surface area contributed by atoms with E-state index in [4.69, 9.17) is 21.1 Å². The van der Waals surface area contributed by atoms with Crippen LogP contribution >= 0.6 is 22.9 Å². The molecule has 2 heterocycles. The molecule has 0 spiro atoms. The number of methoxy groups -OCH3 is 2. The summed E-state index contributed by atoms with van der Waals surface area (Å²) in [6, 6.07) is 11.8. The normalized spacial score (nSPS) is 16.3. The number of carbonyl (C=O) groups is 1. The van der Waals surface area contributed by atoms with Crippen LogP contribution in [0.1, 0.15) is 33.8 Å². The van der Waals surface area contributed by atoms with Crippen LogP contribution in [0.25, 0.3) is 10.1 Å². The molecule has 0 saturated heterocycles. The topological polar surface area (TPSA) is 38.8 Å². The average molecular weight is 402 g/mol. The van der Waals surface area contributed by atoms with Crippen molar-refractivity contribution in [1.82, 2.24) is 4.90 Å². The number of hydrogen-bond donors (Lipinski definition) is 0. The number of thiophene rings is 1. The summed E-state index contributed by atoms with van der Waals surface area (Å²) in [7, 11) is 3.26. The van der Waals surface area contributed by atoms with Crippen molar-refractivity contribution >= 4 is 38.9 Å². The highest BCUT2D eigenvalue weighted by atomic mass is 35.5. The molecule has 1 unspecified atom stereocenters. The molecule has 1 aliphatic heterocycles.